The molecule has 3 aromatic rings. The molecule has 0 radical (unpaired) electrons. The van der Waals surface area contributed by atoms with E-state index in [1.54, 1.807) is 4.57 Å². The molecular formula is C22H28N4O2S. The zero-order valence-electron chi connectivity index (χ0n) is 17.4. The van der Waals surface area contributed by atoms with E-state index in [0.29, 0.717) is 35.2 Å². The number of rotatable bonds is 8. The fourth-order valence-electron chi connectivity index (χ4n) is 3.11. The lowest BCUT2D eigenvalue weighted by molar-refractivity contribution is -0.118. The lowest BCUT2D eigenvalue weighted by Gasteiger charge is -2.13. The maximum Gasteiger partial charge on any atom is 0.278 e. The molecule has 0 unspecified atom stereocenters. The van der Waals surface area contributed by atoms with Gasteiger partial charge in [-0.1, -0.05) is 55.4 Å². The Hall–Kier alpha value is -2.54. The van der Waals surface area contributed by atoms with Crippen LogP contribution in [0.4, 0.5) is 0 Å². The molecule has 0 bridgehead atoms. The van der Waals surface area contributed by atoms with Crippen LogP contribution < -0.4 is 10.9 Å². The Morgan fingerprint density at radius 3 is 2.79 bits per heavy atom. The van der Waals surface area contributed by atoms with E-state index in [2.05, 4.69) is 35.2 Å². The van der Waals surface area contributed by atoms with Gasteiger partial charge in [-0.3, -0.25) is 14.2 Å². The summed E-state index contributed by atoms with van der Waals surface area (Å²) in [6.07, 6.45) is 0.875. The maximum absolute atomic E-state index is 12.9. The van der Waals surface area contributed by atoms with Crippen LogP contribution in [0, 0.1) is 19.8 Å². The highest BCUT2D eigenvalue weighted by atomic mass is 32.2. The SMILES string of the molecule is Cc1cccc(CNC(=O)CSc2nc3cc(C)[nH]c3c(=O)n2CCC(C)C)c1. The third-order valence-electron chi connectivity index (χ3n) is 4.67. The van der Waals surface area contributed by atoms with E-state index in [1.165, 1.54) is 17.3 Å². The summed E-state index contributed by atoms with van der Waals surface area (Å²) >= 11 is 1.31. The monoisotopic (exact) mass is 412 g/mol. The number of carbonyl (C=O) groups excluding carboxylic acids is 1. The highest BCUT2D eigenvalue weighted by molar-refractivity contribution is 7.99. The minimum Gasteiger partial charge on any atom is -0.353 e. The quantitative estimate of drug-likeness (QED) is 0.436. The van der Waals surface area contributed by atoms with Crippen LogP contribution in [0.1, 0.15) is 37.1 Å². The largest absolute Gasteiger partial charge is 0.353 e. The summed E-state index contributed by atoms with van der Waals surface area (Å²) in [4.78, 5) is 33.0. The number of fused-ring (bicyclic) bond motifs is 1. The molecule has 0 saturated heterocycles. The number of hydrogen-bond donors (Lipinski definition) is 2. The van der Waals surface area contributed by atoms with Gasteiger partial charge in [-0.2, -0.15) is 0 Å². The number of carbonyl (C=O) groups is 1. The van der Waals surface area contributed by atoms with Crippen molar-refractivity contribution in [2.75, 3.05) is 5.75 Å². The van der Waals surface area contributed by atoms with Crippen LogP contribution in [-0.2, 0) is 17.9 Å². The van der Waals surface area contributed by atoms with E-state index in [9.17, 15) is 9.59 Å². The molecule has 0 atom stereocenters. The van der Waals surface area contributed by atoms with Crippen molar-refractivity contribution in [3.63, 3.8) is 0 Å². The number of hydrogen-bond acceptors (Lipinski definition) is 4. The van der Waals surface area contributed by atoms with Crippen molar-refractivity contribution in [2.45, 2.75) is 52.4 Å². The molecule has 1 amide bonds. The molecule has 6 nitrogen and oxygen atoms in total. The van der Waals surface area contributed by atoms with Crippen LogP contribution in [0.5, 0.6) is 0 Å². The van der Waals surface area contributed by atoms with Crippen molar-refractivity contribution in [3.05, 3.63) is 57.5 Å². The molecule has 29 heavy (non-hydrogen) atoms. The first-order valence-corrected chi connectivity index (χ1v) is 10.9. The summed E-state index contributed by atoms with van der Waals surface area (Å²) < 4.78 is 1.69. The van der Waals surface area contributed by atoms with Gasteiger partial charge in [-0.15, -0.1) is 0 Å². The van der Waals surface area contributed by atoms with Crippen molar-refractivity contribution in [1.82, 2.24) is 19.9 Å². The third kappa shape index (κ3) is 5.50. The van der Waals surface area contributed by atoms with Crippen LogP contribution in [0.3, 0.4) is 0 Å². The Bertz CT molecular complexity index is 1070. The molecule has 1 aromatic carbocycles. The topological polar surface area (TPSA) is 79.8 Å². The lowest BCUT2D eigenvalue weighted by atomic mass is 10.1. The van der Waals surface area contributed by atoms with Gasteiger partial charge in [0, 0.05) is 18.8 Å². The minimum absolute atomic E-state index is 0.0773. The summed E-state index contributed by atoms with van der Waals surface area (Å²) in [5, 5.41) is 3.53. The van der Waals surface area contributed by atoms with Gasteiger partial charge in [0.05, 0.1) is 11.3 Å². The number of nitrogens with zero attached hydrogens (tertiary/aromatic N) is 2. The second-order valence-electron chi connectivity index (χ2n) is 7.80. The number of benzene rings is 1. The fraction of sp³-hybridized carbons (Fsp3) is 0.409. The van der Waals surface area contributed by atoms with Crippen molar-refractivity contribution in [3.8, 4) is 0 Å². The average molecular weight is 413 g/mol. The van der Waals surface area contributed by atoms with E-state index in [4.69, 9.17) is 0 Å². The minimum atomic E-state index is -0.0774. The molecule has 3 rings (SSSR count). The molecule has 0 aliphatic rings. The van der Waals surface area contributed by atoms with E-state index in [0.717, 1.165) is 17.7 Å². The highest BCUT2D eigenvalue weighted by Crippen LogP contribution is 2.19. The van der Waals surface area contributed by atoms with E-state index < -0.39 is 0 Å². The summed E-state index contributed by atoms with van der Waals surface area (Å²) in [6.45, 7) is 9.27. The Kier molecular flexibility index (Phi) is 6.79. The average Bonchev–Trinajstić information content (AvgIpc) is 3.04. The molecule has 0 aliphatic heterocycles. The van der Waals surface area contributed by atoms with Gasteiger partial charge in [0.2, 0.25) is 5.91 Å². The highest BCUT2D eigenvalue weighted by Gasteiger charge is 2.15. The Labute approximate surface area is 175 Å². The lowest BCUT2D eigenvalue weighted by Crippen LogP contribution is -2.27. The molecule has 2 N–H and O–H groups in total. The van der Waals surface area contributed by atoms with Gasteiger partial charge in [0.1, 0.15) is 5.52 Å². The first-order chi connectivity index (χ1) is 13.8. The molecule has 0 fully saturated rings. The summed E-state index contributed by atoms with van der Waals surface area (Å²) in [7, 11) is 0. The van der Waals surface area contributed by atoms with Gasteiger partial charge >= 0.3 is 0 Å². The zero-order valence-corrected chi connectivity index (χ0v) is 18.2. The van der Waals surface area contributed by atoms with Crippen molar-refractivity contribution in [2.24, 2.45) is 5.92 Å². The summed E-state index contributed by atoms with van der Waals surface area (Å²) in [5.41, 5.74) is 4.24. The second kappa shape index (κ2) is 9.31. The molecule has 0 aliphatic carbocycles. The van der Waals surface area contributed by atoms with Gasteiger partial charge < -0.3 is 10.3 Å². The van der Waals surface area contributed by atoms with Crippen molar-refractivity contribution in [1.29, 1.82) is 0 Å². The van der Waals surface area contributed by atoms with E-state index >= 15 is 0 Å². The third-order valence-corrected chi connectivity index (χ3v) is 5.65. The molecule has 0 saturated carbocycles. The molecule has 154 valence electrons. The van der Waals surface area contributed by atoms with Gasteiger partial charge in [0.25, 0.3) is 5.56 Å². The van der Waals surface area contributed by atoms with E-state index in [1.807, 2.05) is 38.1 Å². The van der Waals surface area contributed by atoms with Crippen LogP contribution in [0.15, 0.2) is 40.3 Å². The molecule has 7 heteroatoms. The second-order valence-corrected chi connectivity index (χ2v) is 8.74. The van der Waals surface area contributed by atoms with Crippen LogP contribution in [-0.4, -0.2) is 26.2 Å². The van der Waals surface area contributed by atoms with Crippen LogP contribution in [0.25, 0.3) is 11.0 Å². The number of aromatic nitrogens is 3. The Balaban J connectivity index is 1.72. The maximum atomic E-state index is 12.9. The van der Waals surface area contributed by atoms with E-state index in [-0.39, 0.29) is 17.2 Å². The predicted molar refractivity (Wildman–Crippen MR) is 118 cm³/mol. The Morgan fingerprint density at radius 2 is 2.07 bits per heavy atom. The Morgan fingerprint density at radius 1 is 1.28 bits per heavy atom. The predicted octanol–water partition coefficient (Wildman–Crippen LogP) is 3.80. The molecule has 0 spiro atoms. The molecular weight excluding hydrogens is 384 g/mol. The van der Waals surface area contributed by atoms with Gasteiger partial charge in [-0.25, -0.2) is 4.98 Å². The standard InChI is InChI=1S/C22H28N4O2S/c1-14(2)8-9-26-21(28)20-18(11-16(4)24-20)25-22(26)29-13-19(27)23-12-17-7-5-6-15(3)10-17/h5-7,10-11,14,24H,8-9,12-13H2,1-4H3,(H,23,27). The molecule has 2 heterocycles. The first-order valence-electron chi connectivity index (χ1n) is 9.88. The normalized spacial score (nSPS) is 11.3. The fourth-order valence-corrected chi connectivity index (χ4v) is 3.96. The smallest absolute Gasteiger partial charge is 0.278 e. The van der Waals surface area contributed by atoms with Crippen molar-refractivity contribution < 1.29 is 4.79 Å². The number of H-pyrrole nitrogens is 1. The number of aromatic amines is 1. The zero-order chi connectivity index (χ0) is 21.0. The number of nitrogens with one attached hydrogen (secondary N) is 2. The number of amides is 1. The van der Waals surface area contributed by atoms with Crippen LogP contribution >= 0.6 is 11.8 Å². The number of thioether (sulfide) groups is 1. The van der Waals surface area contributed by atoms with Crippen LogP contribution in [0.2, 0.25) is 0 Å². The van der Waals surface area contributed by atoms with Gasteiger partial charge in [-0.05, 0) is 37.8 Å². The number of aryl methyl sites for hydroxylation is 2. The summed E-state index contributed by atoms with van der Waals surface area (Å²) in [6, 6.07) is 9.93. The first kappa shape index (κ1) is 21.2. The van der Waals surface area contributed by atoms with Gasteiger partial charge in [0.15, 0.2) is 5.16 Å². The summed E-state index contributed by atoms with van der Waals surface area (Å²) in [5.74, 6) is 0.611. The molecule has 2 aromatic heterocycles. The van der Waals surface area contributed by atoms with Crippen molar-refractivity contribution >= 4 is 28.7 Å².